The zero-order chi connectivity index (χ0) is 32.4. The maximum absolute atomic E-state index is 10.7. The van der Waals surface area contributed by atoms with E-state index in [1.165, 1.54) is 19.4 Å². The Morgan fingerprint density at radius 2 is 1.85 bits per heavy atom. The summed E-state index contributed by atoms with van der Waals surface area (Å²) in [4.78, 5) is 11.9. The summed E-state index contributed by atoms with van der Waals surface area (Å²) in [7, 11) is 0. The average Bonchev–Trinajstić information content (AvgIpc) is 3.22. The van der Waals surface area contributed by atoms with Crippen LogP contribution in [0, 0.1) is 17.2 Å². The van der Waals surface area contributed by atoms with Crippen molar-refractivity contribution >= 4 is 11.6 Å². The van der Waals surface area contributed by atoms with E-state index in [0.29, 0.717) is 53.4 Å². The van der Waals surface area contributed by atoms with E-state index in [0.717, 1.165) is 69.3 Å². The molecule has 0 amide bonds. The second kappa shape index (κ2) is 13.8. The van der Waals surface area contributed by atoms with E-state index in [9.17, 15) is 10.4 Å². The molecule has 3 aliphatic heterocycles. The minimum atomic E-state index is -0.793. The predicted molar refractivity (Wildman–Crippen MR) is 176 cm³/mol. The van der Waals surface area contributed by atoms with Gasteiger partial charge in [0, 0.05) is 43.1 Å². The van der Waals surface area contributed by atoms with E-state index in [-0.39, 0.29) is 18.8 Å². The Bertz CT molecular complexity index is 1560. The third-order valence-electron chi connectivity index (χ3n) is 10.5. The van der Waals surface area contributed by atoms with Crippen LogP contribution in [0.3, 0.4) is 0 Å². The van der Waals surface area contributed by atoms with Gasteiger partial charge in [-0.1, -0.05) is 6.07 Å². The van der Waals surface area contributed by atoms with Crippen molar-refractivity contribution < 1.29 is 19.3 Å². The van der Waals surface area contributed by atoms with Gasteiger partial charge in [-0.3, -0.25) is 9.58 Å². The normalized spacial score (nSPS) is 26.1. The lowest BCUT2D eigenvalue weighted by molar-refractivity contribution is -0.0672. The number of benzene rings is 1. The van der Waals surface area contributed by atoms with Gasteiger partial charge in [-0.25, -0.2) is 9.97 Å². The third kappa shape index (κ3) is 7.09. The number of hydrogen-bond donors (Lipinski definition) is 3. The van der Waals surface area contributed by atoms with Crippen molar-refractivity contribution in [2.24, 2.45) is 11.7 Å². The van der Waals surface area contributed by atoms with Crippen LogP contribution in [0.4, 0.5) is 11.6 Å². The van der Waals surface area contributed by atoms with Crippen LogP contribution in [0.1, 0.15) is 76.3 Å². The Kier molecular flexibility index (Phi) is 9.32. The molecule has 12 nitrogen and oxygen atoms in total. The second-order valence-corrected chi connectivity index (χ2v) is 13.9. The zero-order valence-electron chi connectivity index (χ0n) is 27.2. The highest BCUT2D eigenvalue weighted by atomic mass is 16.5. The highest BCUT2D eigenvalue weighted by molar-refractivity contribution is 5.67. The smallest absolute Gasteiger partial charge is 0.257 e. The molecule has 3 atom stereocenters. The van der Waals surface area contributed by atoms with Gasteiger partial charge in [0.15, 0.2) is 0 Å². The minimum absolute atomic E-state index is 0.205. The maximum atomic E-state index is 10.7. The SMILES string of the molecule is C[C@@H](CN)Oc1cc(-c2cnc(Nc3cn([C@H]4CC[C@H](N5CC6CC[C@H]5COC6)CC4)nc3OCC3(O)CCC3)nc2)ccc1C#N. The van der Waals surface area contributed by atoms with Crippen molar-refractivity contribution in [3.05, 3.63) is 42.4 Å². The van der Waals surface area contributed by atoms with Crippen LogP contribution < -0.4 is 20.5 Å². The number of hydrogen-bond acceptors (Lipinski definition) is 11. The molecule has 2 aliphatic carbocycles. The summed E-state index contributed by atoms with van der Waals surface area (Å²) in [5, 5.41) is 28.4. The number of aliphatic hydroxyl groups is 1. The molecule has 1 aromatic carbocycles. The Morgan fingerprint density at radius 3 is 2.57 bits per heavy atom. The van der Waals surface area contributed by atoms with Crippen molar-refractivity contribution in [3.63, 3.8) is 0 Å². The Balaban J connectivity index is 1.05. The van der Waals surface area contributed by atoms with Crippen LogP contribution in [0.25, 0.3) is 11.1 Å². The van der Waals surface area contributed by atoms with Crippen LogP contribution in [0.5, 0.6) is 11.6 Å². The highest BCUT2D eigenvalue weighted by Gasteiger charge is 2.38. The molecule has 5 fully saturated rings. The standard InChI is InChI=1S/C35H46N8O4/c1-23(14-36)47-32-13-25(4-5-26(32)15-37)27-16-38-34(39-17-27)40-31-19-43(41-33(31)46-22-35(44)11-2-12-35)29-9-7-28(8-10-29)42-18-24-3-6-30(42)21-45-20-24/h4-5,13,16-17,19,23-24,28-30,44H,2-3,6-12,14,18,20-22,36H2,1H3,(H,38,39,40)/t23-,24?,28-,29-,30-/m0/s1. The molecule has 2 saturated carbocycles. The van der Waals surface area contributed by atoms with Gasteiger partial charge in [0.2, 0.25) is 5.95 Å². The molecule has 5 aliphatic rings. The molecular weight excluding hydrogens is 596 g/mol. The van der Waals surface area contributed by atoms with E-state index in [4.69, 9.17) is 25.0 Å². The topological polar surface area (TPSA) is 157 Å². The summed E-state index contributed by atoms with van der Waals surface area (Å²) >= 11 is 0. The third-order valence-corrected chi connectivity index (χ3v) is 10.5. The van der Waals surface area contributed by atoms with Crippen molar-refractivity contribution in [2.45, 2.75) is 94.5 Å². The molecule has 4 N–H and O–H groups in total. The van der Waals surface area contributed by atoms with Gasteiger partial charge in [-0.15, -0.1) is 5.10 Å². The summed E-state index contributed by atoms with van der Waals surface area (Å²) < 4.78 is 20.0. The van der Waals surface area contributed by atoms with Crippen molar-refractivity contribution in [2.75, 3.05) is 38.2 Å². The van der Waals surface area contributed by atoms with Crippen LogP contribution in [-0.2, 0) is 4.74 Å². The van der Waals surface area contributed by atoms with Crippen molar-refractivity contribution in [1.29, 1.82) is 5.26 Å². The molecule has 2 bridgehead atoms. The number of piperidine rings is 1. The molecule has 8 rings (SSSR count). The number of rotatable bonds is 11. The van der Waals surface area contributed by atoms with Gasteiger partial charge in [0.25, 0.3) is 5.88 Å². The van der Waals surface area contributed by atoms with Crippen LogP contribution in [0.15, 0.2) is 36.8 Å². The minimum Gasteiger partial charge on any atom is -0.488 e. The lowest BCUT2D eigenvalue weighted by atomic mass is 9.81. The number of anilines is 2. The fraction of sp³-hybridized carbons (Fsp3) is 0.600. The fourth-order valence-corrected chi connectivity index (χ4v) is 7.43. The monoisotopic (exact) mass is 642 g/mol. The molecule has 12 heteroatoms. The first-order valence-corrected chi connectivity index (χ1v) is 17.2. The molecule has 5 heterocycles. The number of nitriles is 1. The van der Waals surface area contributed by atoms with E-state index >= 15 is 0 Å². The quantitative estimate of drug-likeness (QED) is 0.269. The second-order valence-electron chi connectivity index (χ2n) is 13.9. The Labute approximate surface area is 276 Å². The van der Waals surface area contributed by atoms with Crippen LogP contribution in [0.2, 0.25) is 0 Å². The molecular formula is C35H46N8O4. The molecule has 47 heavy (non-hydrogen) atoms. The van der Waals surface area contributed by atoms with E-state index in [1.807, 2.05) is 29.9 Å². The molecule has 3 aromatic rings. The van der Waals surface area contributed by atoms with Crippen LogP contribution >= 0.6 is 0 Å². The lowest BCUT2D eigenvalue weighted by Crippen LogP contribution is -2.50. The summed E-state index contributed by atoms with van der Waals surface area (Å²) in [5.74, 6) is 2.01. The van der Waals surface area contributed by atoms with Crippen LogP contribution in [-0.4, -0.2) is 86.5 Å². The summed E-state index contributed by atoms with van der Waals surface area (Å²) in [6.45, 7) is 5.37. The van der Waals surface area contributed by atoms with Gasteiger partial charge < -0.3 is 30.4 Å². The number of aromatic nitrogens is 4. The number of nitrogens with zero attached hydrogens (tertiary/aromatic N) is 6. The molecule has 2 aromatic heterocycles. The molecule has 0 spiro atoms. The number of fused-ring (bicyclic) bond motifs is 4. The van der Waals surface area contributed by atoms with Gasteiger partial charge >= 0.3 is 0 Å². The van der Waals surface area contributed by atoms with E-state index in [1.54, 1.807) is 18.5 Å². The first-order chi connectivity index (χ1) is 22.9. The average molecular weight is 643 g/mol. The van der Waals surface area contributed by atoms with Gasteiger partial charge in [0.1, 0.15) is 30.2 Å². The largest absolute Gasteiger partial charge is 0.488 e. The van der Waals surface area contributed by atoms with Crippen molar-refractivity contribution in [1.82, 2.24) is 24.6 Å². The predicted octanol–water partition coefficient (Wildman–Crippen LogP) is 4.57. The van der Waals surface area contributed by atoms with E-state index in [2.05, 4.69) is 26.3 Å². The zero-order valence-corrected chi connectivity index (χ0v) is 27.2. The molecule has 250 valence electrons. The maximum Gasteiger partial charge on any atom is 0.257 e. The molecule has 1 unspecified atom stereocenters. The first-order valence-electron chi connectivity index (χ1n) is 17.2. The van der Waals surface area contributed by atoms with Crippen molar-refractivity contribution in [3.8, 4) is 28.8 Å². The summed E-state index contributed by atoms with van der Waals surface area (Å²) in [6.07, 6.45) is 14.7. The molecule has 3 saturated heterocycles. The number of ether oxygens (including phenoxy) is 3. The molecule has 0 radical (unpaired) electrons. The number of nitrogens with one attached hydrogen (secondary N) is 1. The van der Waals surface area contributed by atoms with Gasteiger partial charge in [-0.05, 0) is 88.3 Å². The summed E-state index contributed by atoms with van der Waals surface area (Å²) in [5.41, 5.74) is 7.67. The fourth-order valence-electron chi connectivity index (χ4n) is 7.43. The highest BCUT2D eigenvalue weighted by Crippen LogP contribution is 2.39. The summed E-state index contributed by atoms with van der Waals surface area (Å²) in [6, 6.07) is 9.01. The first kappa shape index (κ1) is 31.8. The van der Waals surface area contributed by atoms with Gasteiger partial charge in [0.05, 0.1) is 36.6 Å². The van der Waals surface area contributed by atoms with E-state index < -0.39 is 5.60 Å². The number of nitrogens with two attached hydrogens (primary N) is 1. The van der Waals surface area contributed by atoms with Gasteiger partial charge in [-0.2, -0.15) is 5.26 Å². The lowest BCUT2D eigenvalue weighted by Gasteiger charge is -2.43. The Morgan fingerprint density at radius 1 is 1.09 bits per heavy atom. The Hall–Kier alpha value is -3.76.